The Balaban J connectivity index is 1.75. The Morgan fingerprint density at radius 2 is 1.82 bits per heavy atom. The van der Waals surface area contributed by atoms with Gasteiger partial charge in [0, 0.05) is 10.7 Å². The van der Waals surface area contributed by atoms with E-state index in [2.05, 4.69) is 5.32 Å². The molecule has 3 rings (SSSR count). The molecule has 3 aromatic carbocycles. The largest absolute Gasteiger partial charge is 0.486 e. The predicted molar refractivity (Wildman–Crippen MR) is 127 cm³/mol. The van der Waals surface area contributed by atoms with Gasteiger partial charge in [0.15, 0.2) is 11.6 Å². The van der Waals surface area contributed by atoms with Crippen LogP contribution in [0.4, 0.5) is 10.1 Å². The molecule has 33 heavy (non-hydrogen) atoms. The molecule has 0 radical (unpaired) electrons. The van der Waals surface area contributed by atoms with Gasteiger partial charge in [-0.05, 0) is 60.9 Å². The Bertz CT molecular complexity index is 1180. The zero-order valence-electron chi connectivity index (χ0n) is 18.1. The van der Waals surface area contributed by atoms with Gasteiger partial charge in [0.05, 0.1) is 23.6 Å². The van der Waals surface area contributed by atoms with E-state index in [4.69, 9.17) is 32.7 Å². The van der Waals surface area contributed by atoms with Crippen LogP contribution in [0.2, 0.25) is 10.0 Å². The fourth-order valence-electron chi connectivity index (χ4n) is 3.18. The molecule has 0 spiro atoms. The minimum atomic E-state index is -0.862. The van der Waals surface area contributed by atoms with Crippen LogP contribution in [-0.4, -0.2) is 18.5 Å². The third-order valence-electron chi connectivity index (χ3n) is 4.76. The van der Waals surface area contributed by atoms with Crippen LogP contribution in [0.5, 0.6) is 5.75 Å². The summed E-state index contributed by atoms with van der Waals surface area (Å²) < 4.78 is 25.6. The Labute approximate surface area is 201 Å². The lowest BCUT2D eigenvalue weighted by Crippen LogP contribution is -2.16. The Hall–Kier alpha value is -3.09. The van der Waals surface area contributed by atoms with Crippen LogP contribution in [0.3, 0.4) is 0 Å². The van der Waals surface area contributed by atoms with E-state index in [1.807, 2.05) is 0 Å². The maximum Gasteiger partial charge on any atom is 0.310 e. The highest BCUT2D eigenvalue weighted by molar-refractivity contribution is 6.34. The van der Waals surface area contributed by atoms with Gasteiger partial charge in [0.25, 0.3) is 5.91 Å². The summed E-state index contributed by atoms with van der Waals surface area (Å²) in [6.07, 6.45) is 0.120. The van der Waals surface area contributed by atoms with Crippen LogP contribution < -0.4 is 10.1 Å². The number of carbonyl (C=O) groups excluding carboxylic acids is 2. The molecule has 0 atom stereocenters. The second-order valence-corrected chi connectivity index (χ2v) is 8.08. The molecule has 0 heterocycles. The second-order valence-electron chi connectivity index (χ2n) is 7.24. The van der Waals surface area contributed by atoms with Gasteiger partial charge in [0.2, 0.25) is 0 Å². The quantitative estimate of drug-likeness (QED) is 0.373. The van der Waals surface area contributed by atoms with Crippen LogP contribution in [0, 0.1) is 12.7 Å². The molecular weight excluding hydrogens is 468 g/mol. The lowest BCUT2D eigenvalue weighted by atomic mass is 10.1. The van der Waals surface area contributed by atoms with Crippen LogP contribution in [0.25, 0.3) is 0 Å². The van der Waals surface area contributed by atoms with Gasteiger partial charge in [-0.1, -0.05) is 47.5 Å². The molecule has 172 valence electrons. The molecule has 0 bridgehead atoms. The summed E-state index contributed by atoms with van der Waals surface area (Å²) in [7, 11) is 0. The van der Waals surface area contributed by atoms with Gasteiger partial charge in [0.1, 0.15) is 6.61 Å². The first-order chi connectivity index (χ1) is 15.8. The number of hydrogen-bond donors (Lipinski definition) is 1. The zero-order chi connectivity index (χ0) is 24.0. The Morgan fingerprint density at radius 3 is 2.52 bits per heavy atom. The molecule has 5 nitrogen and oxygen atoms in total. The molecule has 0 aliphatic rings. The summed E-state index contributed by atoms with van der Waals surface area (Å²) >= 11 is 12.1. The molecule has 3 aromatic rings. The minimum absolute atomic E-state index is 0.0447. The summed E-state index contributed by atoms with van der Waals surface area (Å²) in [6, 6.07) is 14.9. The minimum Gasteiger partial charge on any atom is -0.486 e. The summed E-state index contributed by atoms with van der Waals surface area (Å²) in [5, 5.41) is 3.16. The van der Waals surface area contributed by atoms with Gasteiger partial charge in [-0.2, -0.15) is 0 Å². The van der Waals surface area contributed by atoms with Crippen LogP contribution in [0.1, 0.15) is 34.0 Å². The third kappa shape index (κ3) is 6.46. The molecular formula is C25H22Cl2FNO4. The average molecular weight is 490 g/mol. The van der Waals surface area contributed by atoms with Gasteiger partial charge >= 0.3 is 5.97 Å². The van der Waals surface area contributed by atoms with Crippen LogP contribution >= 0.6 is 23.2 Å². The summed E-state index contributed by atoms with van der Waals surface area (Å²) in [5.74, 6) is -2.02. The lowest BCUT2D eigenvalue weighted by molar-refractivity contribution is -0.142. The number of aryl methyl sites for hydroxylation is 1. The number of amides is 1. The van der Waals surface area contributed by atoms with E-state index in [0.717, 1.165) is 11.1 Å². The van der Waals surface area contributed by atoms with Crippen molar-refractivity contribution in [3.63, 3.8) is 0 Å². The Morgan fingerprint density at radius 1 is 1.03 bits per heavy atom. The molecule has 0 saturated carbocycles. The topological polar surface area (TPSA) is 64.6 Å². The zero-order valence-corrected chi connectivity index (χ0v) is 19.6. The number of ether oxygens (including phenoxy) is 2. The average Bonchev–Trinajstić information content (AvgIpc) is 2.75. The Kier molecular flexibility index (Phi) is 8.31. The molecule has 1 amide bonds. The van der Waals surface area contributed by atoms with Crippen LogP contribution in [-0.2, 0) is 22.6 Å². The van der Waals surface area contributed by atoms with Crippen molar-refractivity contribution in [3.05, 3.63) is 92.7 Å². The van der Waals surface area contributed by atoms with E-state index in [1.54, 1.807) is 56.3 Å². The maximum absolute atomic E-state index is 15.1. The van der Waals surface area contributed by atoms with Gasteiger partial charge in [-0.3, -0.25) is 9.59 Å². The molecule has 0 aliphatic carbocycles. The predicted octanol–water partition coefficient (Wildman–Crippen LogP) is 6.38. The van der Waals surface area contributed by atoms with Crippen molar-refractivity contribution >= 4 is 40.8 Å². The maximum atomic E-state index is 15.1. The van der Waals surface area contributed by atoms with Crippen molar-refractivity contribution in [2.45, 2.75) is 26.9 Å². The van der Waals surface area contributed by atoms with E-state index in [1.165, 1.54) is 12.1 Å². The number of carbonyl (C=O) groups is 2. The number of esters is 1. The number of halogens is 3. The molecule has 0 aromatic heterocycles. The number of rotatable bonds is 8. The van der Waals surface area contributed by atoms with Crippen molar-refractivity contribution in [1.29, 1.82) is 0 Å². The first kappa shape index (κ1) is 24.6. The van der Waals surface area contributed by atoms with Crippen molar-refractivity contribution in [3.8, 4) is 5.75 Å². The molecule has 8 heteroatoms. The SMILES string of the molecule is CCOC(=O)Cc1ccc(NC(=O)c2c(Cl)ccc(OCc3cccc(Cl)c3)c2F)c(C)c1. The van der Waals surface area contributed by atoms with Crippen molar-refractivity contribution in [2.24, 2.45) is 0 Å². The van der Waals surface area contributed by atoms with Crippen molar-refractivity contribution in [2.75, 3.05) is 11.9 Å². The fraction of sp³-hybridized carbons (Fsp3) is 0.200. The monoisotopic (exact) mass is 489 g/mol. The fourth-order valence-corrected chi connectivity index (χ4v) is 3.62. The highest BCUT2D eigenvalue weighted by atomic mass is 35.5. The van der Waals surface area contributed by atoms with E-state index in [-0.39, 0.29) is 35.3 Å². The lowest BCUT2D eigenvalue weighted by Gasteiger charge is -2.14. The molecule has 0 aliphatic heterocycles. The molecule has 1 N–H and O–H groups in total. The summed E-state index contributed by atoms with van der Waals surface area (Å²) in [4.78, 5) is 24.5. The van der Waals surface area contributed by atoms with Gasteiger partial charge in [-0.15, -0.1) is 0 Å². The summed E-state index contributed by atoms with van der Waals surface area (Å²) in [5.41, 5.74) is 2.34. The first-order valence-corrected chi connectivity index (χ1v) is 11.0. The van der Waals surface area contributed by atoms with Crippen molar-refractivity contribution in [1.82, 2.24) is 0 Å². The van der Waals surface area contributed by atoms with E-state index in [9.17, 15) is 9.59 Å². The highest BCUT2D eigenvalue weighted by Crippen LogP contribution is 2.29. The van der Waals surface area contributed by atoms with Gasteiger partial charge in [-0.25, -0.2) is 4.39 Å². The smallest absolute Gasteiger partial charge is 0.310 e. The number of nitrogens with one attached hydrogen (secondary N) is 1. The van der Waals surface area contributed by atoms with E-state index >= 15 is 4.39 Å². The third-order valence-corrected chi connectivity index (χ3v) is 5.31. The molecule has 0 unspecified atom stereocenters. The number of benzene rings is 3. The van der Waals surface area contributed by atoms with E-state index < -0.39 is 11.7 Å². The van der Waals surface area contributed by atoms with Gasteiger partial charge < -0.3 is 14.8 Å². The van der Waals surface area contributed by atoms with Crippen LogP contribution in [0.15, 0.2) is 54.6 Å². The molecule has 0 fully saturated rings. The number of anilines is 1. The highest BCUT2D eigenvalue weighted by Gasteiger charge is 2.21. The van der Waals surface area contributed by atoms with Crippen molar-refractivity contribution < 1.29 is 23.5 Å². The summed E-state index contributed by atoms with van der Waals surface area (Å²) in [6.45, 7) is 3.89. The second kappa shape index (κ2) is 11.2. The first-order valence-electron chi connectivity index (χ1n) is 10.2. The van der Waals surface area contributed by atoms with E-state index in [0.29, 0.717) is 22.9 Å². The standard InChI is InChI=1S/C25H22Cl2FNO4/c1-3-32-22(30)13-16-7-9-20(15(2)11-16)29-25(31)23-19(27)8-10-21(24(23)28)33-14-17-5-4-6-18(26)12-17/h4-12H,3,13-14H2,1-2H3,(H,29,31). The normalized spacial score (nSPS) is 10.6. The number of hydrogen-bond acceptors (Lipinski definition) is 4. The molecule has 0 saturated heterocycles.